The number of aldehydes is 1. The van der Waals surface area contributed by atoms with E-state index in [4.69, 9.17) is 5.73 Å². The van der Waals surface area contributed by atoms with Gasteiger partial charge in [0.15, 0.2) is 23.7 Å². The number of hydrogen-bond donors (Lipinski definition) is 2. The van der Waals surface area contributed by atoms with Gasteiger partial charge in [-0.15, -0.1) is 0 Å². The van der Waals surface area contributed by atoms with Crippen LogP contribution in [0.15, 0.2) is 23.3 Å². The van der Waals surface area contributed by atoms with E-state index >= 15 is 0 Å². The minimum Gasteiger partial charge on any atom is -0.368 e. The van der Waals surface area contributed by atoms with Gasteiger partial charge in [-0.2, -0.15) is 4.98 Å². The van der Waals surface area contributed by atoms with E-state index < -0.39 is 11.6 Å². The average molecular weight is 423 g/mol. The standard InChI is InChI=1S/C19H24F2N6OS/c1-5-6-29-26-17-13(20)7-12(8-14(17)21)16(10-28)24-15-9-23-19(22)25-18(15)27(4)11(2)3/h7-11,26H,5-6H2,1-4H3,(H2,22,23,25)/b24-16+. The first-order chi connectivity index (χ1) is 13.8. The van der Waals surface area contributed by atoms with E-state index in [1.165, 1.54) is 18.1 Å². The van der Waals surface area contributed by atoms with Crippen LogP contribution in [0.1, 0.15) is 32.8 Å². The number of nitrogens with two attached hydrogens (primary N) is 1. The Morgan fingerprint density at radius 2 is 2.03 bits per heavy atom. The quantitative estimate of drug-likeness (QED) is 0.273. The number of halogens is 2. The summed E-state index contributed by atoms with van der Waals surface area (Å²) in [5.41, 5.74) is 5.54. The van der Waals surface area contributed by atoms with Crippen molar-refractivity contribution < 1.29 is 13.6 Å². The molecule has 29 heavy (non-hydrogen) atoms. The molecule has 1 heterocycles. The number of hydrogen-bond acceptors (Lipinski definition) is 8. The molecule has 2 rings (SSSR count). The second kappa shape index (κ2) is 10.1. The minimum atomic E-state index is -0.814. The lowest BCUT2D eigenvalue weighted by atomic mass is 10.1. The molecule has 0 aliphatic rings. The van der Waals surface area contributed by atoms with Gasteiger partial charge < -0.3 is 15.4 Å². The van der Waals surface area contributed by atoms with E-state index in [0.29, 0.717) is 17.9 Å². The Bertz CT molecular complexity index is 883. The molecule has 0 aliphatic heterocycles. The smallest absolute Gasteiger partial charge is 0.222 e. The fourth-order valence-electron chi connectivity index (χ4n) is 2.30. The number of rotatable bonds is 9. The molecule has 0 fully saturated rings. The molecule has 7 nitrogen and oxygen atoms in total. The Kier molecular flexibility index (Phi) is 7.89. The van der Waals surface area contributed by atoms with Crippen LogP contribution in [0, 0.1) is 11.6 Å². The highest BCUT2D eigenvalue weighted by Crippen LogP contribution is 2.29. The van der Waals surface area contributed by atoms with Gasteiger partial charge >= 0.3 is 0 Å². The van der Waals surface area contributed by atoms with Gasteiger partial charge in [0.2, 0.25) is 5.95 Å². The Morgan fingerprint density at radius 3 is 2.59 bits per heavy atom. The van der Waals surface area contributed by atoms with Gasteiger partial charge in [0.05, 0.1) is 6.20 Å². The molecule has 0 amide bonds. The van der Waals surface area contributed by atoms with Crippen LogP contribution >= 0.6 is 11.9 Å². The molecule has 0 radical (unpaired) electrons. The van der Waals surface area contributed by atoms with Crippen LogP contribution in [0.3, 0.4) is 0 Å². The first-order valence-corrected chi connectivity index (χ1v) is 10.0. The second-order valence-electron chi connectivity index (χ2n) is 6.52. The first-order valence-electron chi connectivity index (χ1n) is 9.04. The molecule has 0 saturated carbocycles. The van der Waals surface area contributed by atoms with Crippen molar-refractivity contribution in [3.8, 4) is 0 Å². The van der Waals surface area contributed by atoms with Crippen molar-refractivity contribution in [1.29, 1.82) is 0 Å². The van der Waals surface area contributed by atoms with Gasteiger partial charge in [-0.05, 0) is 32.4 Å². The number of carbonyl (C=O) groups is 1. The molecule has 0 spiro atoms. The monoisotopic (exact) mass is 422 g/mol. The highest BCUT2D eigenvalue weighted by atomic mass is 32.2. The minimum absolute atomic E-state index is 0.0102. The third kappa shape index (κ3) is 5.63. The molecule has 0 unspecified atom stereocenters. The second-order valence-corrected chi connectivity index (χ2v) is 7.42. The molecule has 3 N–H and O–H groups in total. The van der Waals surface area contributed by atoms with Crippen molar-refractivity contribution in [2.24, 2.45) is 4.99 Å². The van der Waals surface area contributed by atoms with Gasteiger partial charge in [-0.3, -0.25) is 4.79 Å². The van der Waals surface area contributed by atoms with Crippen molar-refractivity contribution in [1.82, 2.24) is 9.97 Å². The van der Waals surface area contributed by atoms with Gasteiger partial charge in [0.1, 0.15) is 17.1 Å². The van der Waals surface area contributed by atoms with Crippen LogP contribution in [0.2, 0.25) is 0 Å². The van der Waals surface area contributed by atoms with Crippen molar-refractivity contribution in [3.63, 3.8) is 0 Å². The van der Waals surface area contributed by atoms with E-state index in [9.17, 15) is 13.6 Å². The molecule has 2 aromatic rings. The number of nitrogens with one attached hydrogen (secondary N) is 1. The predicted octanol–water partition coefficient (Wildman–Crippen LogP) is 3.97. The lowest BCUT2D eigenvalue weighted by molar-refractivity contribution is -0.102. The molecule has 0 saturated heterocycles. The summed E-state index contributed by atoms with van der Waals surface area (Å²) < 4.78 is 31.5. The number of aliphatic imine (C=N–C) groups is 1. The number of nitrogens with zero attached hydrogens (tertiary/aromatic N) is 4. The highest BCUT2D eigenvalue weighted by Gasteiger charge is 2.17. The Morgan fingerprint density at radius 1 is 1.38 bits per heavy atom. The third-order valence-corrected chi connectivity index (χ3v) is 5.01. The lowest BCUT2D eigenvalue weighted by Gasteiger charge is -2.23. The molecule has 156 valence electrons. The van der Waals surface area contributed by atoms with Crippen LogP contribution in [0.25, 0.3) is 0 Å². The van der Waals surface area contributed by atoms with E-state index in [2.05, 4.69) is 19.7 Å². The number of aromatic nitrogens is 2. The highest BCUT2D eigenvalue weighted by molar-refractivity contribution is 8.00. The van der Waals surface area contributed by atoms with Crippen LogP contribution in [0.4, 0.5) is 31.9 Å². The maximum atomic E-state index is 14.4. The summed E-state index contributed by atoms with van der Waals surface area (Å²) in [7, 11) is 1.79. The zero-order valence-corrected chi connectivity index (χ0v) is 17.6. The van der Waals surface area contributed by atoms with Crippen molar-refractivity contribution in [2.45, 2.75) is 33.2 Å². The molecular formula is C19H24F2N6OS. The van der Waals surface area contributed by atoms with Crippen LogP contribution in [-0.4, -0.2) is 40.8 Å². The number of nitrogen functional groups attached to an aromatic ring is 1. The molecule has 1 aromatic carbocycles. The summed E-state index contributed by atoms with van der Waals surface area (Å²) in [6.07, 6.45) is 2.66. The zero-order valence-electron chi connectivity index (χ0n) is 16.7. The summed E-state index contributed by atoms with van der Waals surface area (Å²) in [4.78, 5) is 25.8. The van der Waals surface area contributed by atoms with Crippen LogP contribution in [-0.2, 0) is 4.79 Å². The van der Waals surface area contributed by atoms with Crippen LogP contribution in [0.5, 0.6) is 0 Å². The maximum Gasteiger partial charge on any atom is 0.222 e. The molecule has 0 atom stereocenters. The van der Waals surface area contributed by atoms with E-state index in [1.54, 1.807) is 11.9 Å². The fourth-order valence-corrected chi connectivity index (χ4v) is 2.94. The summed E-state index contributed by atoms with van der Waals surface area (Å²) in [5, 5.41) is 0. The van der Waals surface area contributed by atoms with Crippen LogP contribution < -0.4 is 15.4 Å². The molecule has 0 aliphatic carbocycles. The topological polar surface area (TPSA) is 96.5 Å². The molecular weight excluding hydrogens is 398 g/mol. The Balaban J connectivity index is 2.47. The largest absolute Gasteiger partial charge is 0.368 e. The van der Waals surface area contributed by atoms with Gasteiger partial charge in [0, 0.05) is 24.4 Å². The number of benzene rings is 1. The third-order valence-electron chi connectivity index (χ3n) is 4.05. The molecule has 10 heteroatoms. The number of anilines is 3. The van der Waals surface area contributed by atoms with Crippen molar-refractivity contribution >= 4 is 47.1 Å². The summed E-state index contributed by atoms with van der Waals surface area (Å²) in [6, 6.07) is 2.20. The summed E-state index contributed by atoms with van der Waals surface area (Å²) in [5.74, 6) is -0.471. The molecule has 1 aromatic heterocycles. The van der Waals surface area contributed by atoms with Gasteiger partial charge in [0.25, 0.3) is 0 Å². The van der Waals surface area contributed by atoms with Crippen molar-refractivity contribution in [3.05, 3.63) is 35.5 Å². The summed E-state index contributed by atoms with van der Waals surface area (Å²) >= 11 is 1.20. The molecule has 0 bridgehead atoms. The number of carbonyl (C=O) groups excluding carboxylic acids is 1. The maximum absolute atomic E-state index is 14.4. The zero-order chi connectivity index (χ0) is 21.6. The lowest BCUT2D eigenvalue weighted by Crippen LogP contribution is -2.27. The Hall–Kier alpha value is -2.75. The van der Waals surface area contributed by atoms with E-state index in [0.717, 1.165) is 18.6 Å². The average Bonchev–Trinajstić information content (AvgIpc) is 2.68. The fraction of sp³-hybridized carbons (Fsp3) is 0.368. The van der Waals surface area contributed by atoms with E-state index in [-0.39, 0.29) is 34.6 Å². The normalized spacial score (nSPS) is 11.6. The van der Waals surface area contributed by atoms with Gasteiger partial charge in [-0.1, -0.05) is 18.9 Å². The van der Waals surface area contributed by atoms with Gasteiger partial charge in [-0.25, -0.2) is 18.8 Å². The predicted molar refractivity (Wildman–Crippen MR) is 115 cm³/mol. The Labute approximate surface area is 173 Å². The van der Waals surface area contributed by atoms with E-state index in [1.807, 2.05) is 20.8 Å². The summed E-state index contributed by atoms with van der Waals surface area (Å²) in [6.45, 7) is 5.85. The van der Waals surface area contributed by atoms with Crippen molar-refractivity contribution in [2.75, 3.05) is 28.2 Å². The first kappa shape index (κ1) is 22.5. The SMILES string of the molecule is CCCSNc1c(F)cc(/C(C=O)=N/c2cnc(N)nc2N(C)C(C)C)cc1F.